The number of benzene rings is 2. The molecule has 0 bridgehead atoms. The Bertz CT molecular complexity index is 580. The fraction of sp³-hybridized carbons (Fsp3) is 0.111. The molecular formula is C18H19N. The standard InChI is InChI=1S/C18H19N/c1-15-12-13-18(19)17(14-15)11-7-3-6-10-16-8-4-2-5-9-16/h2-10,12-14H,11,19H2,1H3/b7-3+,10-6+. The van der Waals surface area contributed by atoms with Crippen LogP contribution in [0.2, 0.25) is 0 Å². The van der Waals surface area contributed by atoms with Gasteiger partial charge < -0.3 is 5.73 Å². The number of rotatable bonds is 4. The monoisotopic (exact) mass is 249 g/mol. The molecule has 0 aromatic heterocycles. The van der Waals surface area contributed by atoms with Gasteiger partial charge in [0.15, 0.2) is 0 Å². The van der Waals surface area contributed by atoms with Gasteiger partial charge in [0.2, 0.25) is 0 Å². The molecule has 0 saturated carbocycles. The van der Waals surface area contributed by atoms with Crippen LogP contribution in [-0.4, -0.2) is 0 Å². The SMILES string of the molecule is Cc1ccc(N)c(C/C=C/C=C/c2ccccc2)c1. The first-order valence-electron chi connectivity index (χ1n) is 6.49. The number of hydrogen-bond donors (Lipinski definition) is 1. The third kappa shape index (κ3) is 4.14. The fourth-order valence-corrected chi connectivity index (χ4v) is 1.92. The fourth-order valence-electron chi connectivity index (χ4n) is 1.92. The van der Waals surface area contributed by atoms with Gasteiger partial charge in [-0.1, -0.05) is 72.3 Å². The Labute approximate surface area is 115 Å². The molecule has 0 aliphatic rings. The van der Waals surface area contributed by atoms with Gasteiger partial charge in [-0.2, -0.15) is 0 Å². The van der Waals surface area contributed by atoms with Crippen LogP contribution in [0.5, 0.6) is 0 Å². The van der Waals surface area contributed by atoms with Gasteiger partial charge in [0.25, 0.3) is 0 Å². The third-order valence-electron chi connectivity index (χ3n) is 2.97. The summed E-state index contributed by atoms with van der Waals surface area (Å²) in [5, 5.41) is 0. The van der Waals surface area contributed by atoms with Crippen LogP contribution in [0.4, 0.5) is 5.69 Å². The van der Waals surface area contributed by atoms with E-state index in [9.17, 15) is 0 Å². The van der Waals surface area contributed by atoms with Crippen molar-refractivity contribution in [2.24, 2.45) is 0 Å². The number of hydrogen-bond acceptors (Lipinski definition) is 1. The molecule has 96 valence electrons. The summed E-state index contributed by atoms with van der Waals surface area (Å²) in [5.41, 5.74) is 10.4. The molecule has 0 spiro atoms. The molecule has 0 heterocycles. The molecule has 1 nitrogen and oxygen atoms in total. The van der Waals surface area contributed by atoms with Crippen molar-refractivity contribution in [2.75, 3.05) is 5.73 Å². The highest BCUT2D eigenvalue weighted by Crippen LogP contribution is 2.14. The van der Waals surface area contributed by atoms with Crippen LogP contribution >= 0.6 is 0 Å². The van der Waals surface area contributed by atoms with Crippen LogP contribution in [-0.2, 0) is 6.42 Å². The second kappa shape index (κ2) is 6.60. The molecule has 0 saturated heterocycles. The first-order chi connectivity index (χ1) is 9.25. The van der Waals surface area contributed by atoms with E-state index >= 15 is 0 Å². The Hall–Kier alpha value is -2.28. The van der Waals surface area contributed by atoms with Crippen molar-refractivity contribution in [3.8, 4) is 0 Å². The van der Waals surface area contributed by atoms with Gasteiger partial charge in [-0.15, -0.1) is 0 Å². The van der Waals surface area contributed by atoms with E-state index < -0.39 is 0 Å². The zero-order valence-electron chi connectivity index (χ0n) is 11.2. The first kappa shape index (κ1) is 13.2. The van der Waals surface area contributed by atoms with Crippen LogP contribution in [0, 0.1) is 6.92 Å². The number of aryl methyl sites for hydroxylation is 1. The maximum atomic E-state index is 5.94. The number of anilines is 1. The average Bonchev–Trinajstić information content (AvgIpc) is 2.43. The van der Waals surface area contributed by atoms with Gasteiger partial charge >= 0.3 is 0 Å². The lowest BCUT2D eigenvalue weighted by Crippen LogP contribution is -1.93. The van der Waals surface area contributed by atoms with E-state index in [1.165, 1.54) is 16.7 Å². The van der Waals surface area contributed by atoms with E-state index in [4.69, 9.17) is 5.73 Å². The smallest absolute Gasteiger partial charge is 0.0349 e. The van der Waals surface area contributed by atoms with E-state index in [1.807, 2.05) is 30.3 Å². The van der Waals surface area contributed by atoms with E-state index in [-0.39, 0.29) is 0 Å². The molecule has 0 radical (unpaired) electrons. The van der Waals surface area contributed by atoms with Crippen LogP contribution in [0.1, 0.15) is 16.7 Å². The summed E-state index contributed by atoms with van der Waals surface area (Å²) in [6, 6.07) is 16.4. The second-order valence-electron chi connectivity index (χ2n) is 4.60. The number of nitrogens with two attached hydrogens (primary N) is 1. The Morgan fingerprint density at radius 2 is 1.79 bits per heavy atom. The third-order valence-corrected chi connectivity index (χ3v) is 2.97. The molecule has 2 aromatic rings. The zero-order chi connectivity index (χ0) is 13.5. The van der Waals surface area contributed by atoms with Crippen molar-refractivity contribution < 1.29 is 0 Å². The Morgan fingerprint density at radius 1 is 1.00 bits per heavy atom. The maximum Gasteiger partial charge on any atom is 0.0349 e. The minimum atomic E-state index is 0.863. The van der Waals surface area contributed by atoms with Crippen molar-refractivity contribution in [3.05, 3.63) is 83.4 Å². The summed E-state index contributed by atoms with van der Waals surface area (Å²) in [7, 11) is 0. The van der Waals surface area contributed by atoms with Crippen LogP contribution in [0.15, 0.2) is 66.8 Å². The summed E-state index contributed by atoms with van der Waals surface area (Å²) >= 11 is 0. The van der Waals surface area contributed by atoms with E-state index in [0.717, 1.165) is 12.1 Å². The summed E-state index contributed by atoms with van der Waals surface area (Å²) in [5.74, 6) is 0. The molecule has 2 rings (SSSR count). The highest BCUT2D eigenvalue weighted by Gasteiger charge is 1.96. The zero-order valence-corrected chi connectivity index (χ0v) is 11.2. The summed E-state index contributed by atoms with van der Waals surface area (Å²) in [6.07, 6.45) is 9.21. The topological polar surface area (TPSA) is 26.0 Å². The first-order valence-corrected chi connectivity index (χ1v) is 6.49. The Kier molecular flexibility index (Phi) is 4.57. The molecule has 0 aliphatic carbocycles. The predicted molar refractivity (Wildman–Crippen MR) is 83.9 cm³/mol. The van der Waals surface area contributed by atoms with Gasteiger partial charge in [0, 0.05) is 5.69 Å². The minimum absolute atomic E-state index is 0.863. The van der Waals surface area contributed by atoms with Crippen LogP contribution in [0.25, 0.3) is 6.08 Å². The summed E-state index contributed by atoms with van der Waals surface area (Å²) in [6.45, 7) is 2.09. The summed E-state index contributed by atoms with van der Waals surface area (Å²) < 4.78 is 0. The maximum absolute atomic E-state index is 5.94. The molecule has 2 N–H and O–H groups in total. The van der Waals surface area contributed by atoms with E-state index in [1.54, 1.807) is 0 Å². The normalized spacial score (nSPS) is 11.4. The molecule has 1 heteroatoms. The number of nitrogen functional groups attached to an aromatic ring is 1. The predicted octanol–water partition coefficient (Wildman–Crippen LogP) is 4.39. The molecule has 0 unspecified atom stereocenters. The van der Waals surface area contributed by atoms with Crippen molar-refractivity contribution >= 4 is 11.8 Å². The van der Waals surface area contributed by atoms with E-state index in [2.05, 4.69) is 49.4 Å². The molecule has 0 amide bonds. The minimum Gasteiger partial charge on any atom is -0.398 e. The van der Waals surface area contributed by atoms with Crippen molar-refractivity contribution in [2.45, 2.75) is 13.3 Å². The van der Waals surface area contributed by atoms with Crippen molar-refractivity contribution in [3.63, 3.8) is 0 Å². The lowest BCUT2D eigenvalue weighted by molar-refractivity contribution is 1.25. The van der Waals surface area contributed by atoms with E-state index in [0.29, 0.717) is 0 Å². The molecule has 0 fully saturated rings. The Balaban J connectivity index is 1.93. The van der Waals surface area contributed by atoms with Gasteiger partial charge in [-0.05, 0) is 30.5 Å². The van der Waals surface area contributed by atoms with Crippen molar-refractivity contribution in [1.82, 2.24) is 0 Å². The van der Waals surface area contributed by atoms with Gasteiger partial charge in [-0.25, -0.2) is 0 Å². The highest BCUT2D eigenvalue weighted by atomic mass is 14.6. The Morgan fingerprint density at radius 3 is 2.58 bits per heavy atom. The molecule has 19 heavy (non-hydrogen) atoms. The lowest BCUT2D eigenvalue weighted by Gasteiger charge is -2.03. The second-order valence-corrected chi connectivity index (χ2v) is 4.60. The quantitative estimate of drug-likeness (QED) is 0.631. The molecule has 0 aliphatic heterocycles. The van der Waals surface area contributed by atoms with Crippen LogP contribution < -0.4 is 5.73 Å². The molecular weight excluding hydrogens is 230 g/mol. The summed E-state index contributed by atoms with van der Waals surface area (Å²) in [4.78, 5) is 0. The average molecular weight is 249 g/mol. The van der Waals surface area contributed by atoms with Gasteiger partial charge in [0.1, 0.15) is 0 Å². The lowest BCUT2D eigenvalue weighted by atomic mass is 10.1. The van der Waals surface area contributed by atoms with Gasteiger partial charge in [-0.3, -0.25) is 0 Å². The largest absolute Gasteiger partial charge is 0.398 e. The van der Waals surface area contributed by atoms with Gasteiger partial charge in [0.05, 0.1) is 0 Å². The van der Waals surface area contributed by atoms with Crippen LogP contribution in [0.3, 0.4) is 0 Å². The molecule has 0 atom stereocenters. The van der Waals surface area contributed by atoms with Crippen molar-refractivity contribution in [1.29, 1.82) is 0 Å². The number of allylic oxidation sites excluding steroid dienone is 3. The molecule has 2 aromatic carbocycles. The highest BCUT2D eigenvalue weighted by molar-refractivity contribution is 5.51.